The van der Waals surface area contributed by atoms with E-state index < -0.39 is 0 Å². The summed E-state index contributed by atoms with van der Waals surface area (Å²) in [6.45, 7) is 6.34. The van der Waals surface area contributed by atoms with Gasteiger partial charge < -0.3 is 16.8 Å². The lowest BCUT2D eigenvalue weighted by Crippen LogP contribution is -2.08. The number of hydrogen-bond acceptors (Lipinski definition) is 6. The zero-order valence-electron chi connectivity index (χ0n) is 16.4. The Kier molecular flexibility index (Phi) is 5.59. The number of nitrogens with two attached hydrogens (primary N) is 2. The molecule has 0 unspecified atom stereocenters. The highest BCUT2D eigenvalue weighted by Crippen LogP contribution is 2.33. The first-order valence-corrected chi connectivity index (χ1v) is 9.22. The fourth-order valence-electron chi connectivity index (χ4n) is 3.04. The van der Waals surface area contributed by atoms with Gasteiger partial charge >= 0.3 is 0 Å². The quantitative estimate of drug-likeness (QED) is 0.556. The number of nitrogens with one attached hydrogen (secondary N) is 1. The maximum atomic E-state index is 11.4. The van der Waals surface area contributed by atoms with Crippen molar-refractivity contribution in [1.29, 1.82) is 0 Å². The van der Waals surface area contributed by atoms with Crippen molar-refractivity contribution in [2.75, 3.05) is 16.8 Å². The van der Waals surface area contributed by atoms with Crippen LogP contribution in [0.2, 0.25) is 0 Å². The molecule has 0 saturated carbocycles. The van der Waals surface area contributed by atoms with Gasteiger partial charge in [-0.25, -0.2) is 4.98 Å². The summed E-state index contributed by atoms with van der Waals surface area (Å²) < 4.78 is 0. The molecular formula is C22H25N5O. The molecule has 6 heteroatoms. The van der Waals surface area contributed by atoms with E-state index in [1.807, 2.05) is 48.5 Å². The molecule has 0 aliphatic heterocycles. The van der Waals surface area contributed by atoms with E-state index in [1.54, 1.807) is 6.92 Å². The predicted octanol–water partition coefficient (Wildman–Crippen LogP) is 4.25. The van der Waals surface area contributed by atoms with Gasteiger partial charge in [0, 0.05) is 23.4 Å². The van der Waals surface area contributed by atoms with E-state index in [-0.39, 0.29) is 17.6 Å². The van der Waals surface area contributed by atoms with E-state index in [0.717, 1.165) is 33.6 Å². The van der Waals surface area contributed by atoms with Gasteiger partial charge in [-0.3, -0.25) is 4.79 Å². The number of carbonyl (C=O) groups excluding carboxylic acids is 1. The maximum Gasteiger partial charge on any atom is 0.222 e. The average molecular weight is 375 g/mol. The number of anilines is 3. The number of carbonyl (C=O) groups is 1. The Balaban J connectivity index is 1.76. The average Bonchev–Trinajstić information content (AvgIpc) is 2.66. The third kappa shape index (κ3) is 4.28. The summed E-state index contributed by atoms with van der Waals surface area (Å²) >= 11 is 0. The molecule has 144 valence electrons. The highest BCUT2D eigenvalue weighted by atomic mass is 16.1. The molecule has 0 aliphatic carbocycles. The third-order valence-corrected chi connectivity index (χ3v) is 4.56. The number of rotatable bonds is 6. The molecule has 5 N–H and O–H groups in total. The highest BCUT2D eigenvalue weighted by Gasteiger charge is 2.16. The molecule has 0 aliphatic rings. The molecule has 0 radical (unpaired) electrons. The summed E-state index contributed by atoms with van der Waals surface area (Å²) in [6, 6.07) is 15.6. The smallest absolute Gasteiger partial charge is 0.222 e. The van der Waals surface area contributed by atoms with Gasteiger partial charge in [-0.05, 0) is 36.1 Å². The largest absolute Gasteiger partial charge is 0.383 e. The van der Waals surface area contributed by atoms with Gasteiger partial charge in [-0.2, -0.15) is 4.98 Å². The van der Waals surface area contributed by atoms with Crippen LogP contribution >= 0.6 is 0 Å². The van der Waals surface area contributed by atoms with Crippen molar-refractivity contribution < 1.29 is 4.79 Å². The van der Waals surface area contributed by atoms with Crippen LogP contribution < -0.4 is 16.8 Å². The summed E-state index contributed by atoms with van der Waals surface area (Å²) in [6.07, 6.45) is 0. The van der Waals surface area contributed by atoms with Crippen molar-refractivity contribution in [3.63, 3.8) is 0 Å². The first-order chi connectivity index (χ1) is 13.3. The molecule has 0 amide bonds. The van der Waals surface area contributed by atoms with Crippen LogP contribution in [0.1, 0.15) is 48.3 Å². The van der Waals surface area contributed by atoms with E-state index in [9.17, 15) is 4.79 Å². The predicted molar refractivity (Wildman–Crippen MR) is 114 cm³/mol. The fraction of sp³-hybridized carbons (Fsp3) is 0.227. The standard InChI is InChI=1S/C22H25N5O/c1-13(2)20-19(21(23)27-22(24)26-20)17-8-10-18(11-9-17)25-12-15-4-6-16(7-5-15)14(3)28/h4-11,13,25H,12H2,1-3H3,(H4,23,24,26,27). The zero-order valence-corrected chi connectivity index (χ0v) is 16.4. The van der Waals surface area contributed by atoms with Crippen LogP contribution in [0.25, 0.3) is 11.1 Å². The van der Waals surface area contributed by atoms with Crippen LogP contribution in [0, 0.1) is 0 Å². The summed E-state index contributed by atoms with van der Waals surface area (Å²) in [5.74, 6) is 0.835. The van der Waals surface area contributed by atoms with Gasteiger partial charge in [0.1, 0.15) is 5.82 Å². The van der Waals surface area contributed by atoms with E-state index in [1.165, 1.54) is 0 Å². The fourth-order valence-corrected chi connectivity index (χ4v) is 3.04. The van der Waals surface area contributed by atoms with Crippen LogP contribution in [0.3, 0.4) is 0 Å². The molecule has 1 aromatic heterocycles. The van der Waals surface area contributed by atoms with Crippen molar-refractivity contribution in [3.05, 3.63) is 65.4 Å². The molecular weight excluding hydrogens is 350 g/mol. The van der Waals surface area contributed by atoms with Gasteiger partial charge in [0.05, 0.1) is 5.69 Å². The Morgan fingerprint density at radius 1 is 1.00 bits per heavy atom. The monoisotopic (exact) mass is 375 g/mol. The van der Waals surface area contributed by atoms with Crippen LogP contribution in [0.15, 0.2) is 48.5 Å². The van der Waals surface area contributed by atoms with Crippen molar-refractivity contribution in [2.24, 2.45) is 0 Å². The summed E-state index contributed by atoms with van der Waals surface area (Å²) in [7, 11) is 0. The van der Waals surface area contributed by atoms with Crippen LogP contribution in [-0.2, 0) is 6.54 Å². The molecule has 0 bridgehead atoms. The molecule has 0 fully saturated rings. The number of nitrogen functional groups attached to an aromatic ring is 2. The van der Waals surface area contributed by atoms with Gasteiger partial charge in [-0.15, -0.1) is 0 Å². The molecule has 3 rings (SSSR count). The lowest BCUT2D eigenvalue weighted by atomic mass is 9.98. The summed E-state index contributed by atoms with van der Waals surface area (Å²) in [4.78, 5) is 19.8. The van der Waals surface area contributed by atoms with Crippen LogP contribution in [0.4, 0.5) is 17.5 Å². The molecule has 28 heavy (non-hydrogen) atoms. The van der Waals surface area contributed by atoms with E-state index >= 15 is 0 Å². The Morgan fingerprint density at radius 2 is 1.64 bits per heavy atom. The van der Waals surface area contributed by atoms with Crippen LogP contribution in [0.5, 0.6) is 0 Å². The molecule has 1 heterocycles. The second-order valence-corrected chi connectivity index (χ2v) is 7.07. The van der Waals surface area contributed by atoms with E-state index in [0.29, 0.717) is 12.4 Å². The Bertz CT molecular complexity index is 979. The van der Waals surface area contributed by atoms with E-state index in [2.05, 4.69) is 29.1 Å². The topological polar surface area (TPSA) is 107 Å². The number of benzene rings is 2. The first-order valence-electron chi connectivity index (χ1n) is 9.22. The Hall–Kier alpha value is -3.41. The number of nitrogens with zero attached hydrogens (tertiary/aromatic N) is 2. The van der Waals surface area contributed by atoms with Gasteiger partial charge in [0.2, 0.25) is 5.95 Å². The molecule has 0 saturated heterocycles. The number of aromatic nitrogens is 2. The third-order valence-electron chi connectivity index (χ3n) is 4.56. The Labute approximate surface area is 165 Å². The minimum Gasteiger partial charge on any atom is -0.383 e. The molecule has 0 atom stereocenters. The van der Waals surface area contributed by atoms with Crippen molar-refractivity contribution >= 4 is 23.2 Å². The normalized spacial score (nSPS) is 10.9. The number of Topliss-reactive ketones (excluding diaryl/α,β-unsaturated/α-hetero) is 1. The van der Waals surface area contributed by atoms with Gasteiger partial charge in [-0.1, -0.05) is 50.2 Å². The minimum absolute atomic E-state index is 0.0711. The number of ketones is 1. The van der Waals surface area contributed by atoms with Gasteiger partial charge in [0.15, 0.2) is 5.78 Å². The Morgan fingerprint density at radius 3 is 2.21 bits per heavy atom. The lowest BCUT2D eigenvalue weighted by Gasteiger charge is -2.15. The first kappa shape index (κ1) is 19.4. The van der Waals surface area contributed by atoms with Crippen molar-refractivity contribution in [2.45, 2.75) is 33.2 Å². The van der Waals surface area contributed by atoms with Gasteiger partial charge in [0.25, 0.3) is 0 Å². The van der Waals surface area contributed by atoms with Crippen molar-refractivity contribution in [3.8, 4) is 11.1 Å². The molecule has 6 nitrogen and oxygen atoms in total. The lowest BCUT2D eigenvalue weighted by molar-refractivity contribution is 0.101. The van der Waals surface area contributed by atoms with E-state index in [4.69, 9.17) is 11.5 Å². The molecule has 2 aromatic carbocycles. The molecule has 3 aromatic rings. The van der Waals surface area contributed by atoms with Crippen LogP contribution in [-0.4, -0.2) is 15.8 Å². The molecule has 0 spiro atoms. The SMILES string of the molecule is CC(=O)c1ccc(CNc2ccc(-c3c(N)nc(N)nc3C(C)C)cc2)cc1. The second kappa shape index (κ2) is 8.08. The highest BCUT2D eigenvalue weighted by molar-refractivity contribution is 5.94. The second-order valence-electron chi connectivity index (χ2n) is 7.07. The zero-order chi connectivity index (χ0) is 20.3. The minimum atomic E-state index is 0.0711. The van der Waals surface area contributed by atoms with Crippen molar-refractivity contribution in [1.82, 2.24) is 9.97 Å². The maximum absolute atomic E-state index is 11.4. The summed E-state index contributed by atoms with van der Waals surface area (Å²) in [5, 5.41) is 3.38. The summed E-state index contributed by atoms with van der Waals surface area (Å²) in [5.41, 5.74) is 17.3. The number of hydrogen-bond donors (Lipinski definition) is 3.